The lowest BCUT2D eigenvalue weighted by Crippen LogP contribution is -2.54. The van der Waals surface area contributed by atoms with E-state index in [9.17, 15) is 67.7 Å². The molecule has 10 aromatic heterocycles. The van der Waals surface area contributed by atoms with Gasteiger partial charge in [0.25, 0.3) is 22.2 Å². The van der Waals surface area contributed by atoms with Crippen LogP contribution < -0.4 is 45.0 Å². The minimum atomic E-state index is -1.78. The first kappa shape index (κ1) is 118. The Morgan fingerprint density at radius 2 is 0.688 bits per heavy atom. The molecule has 0 spiro atoms. The van der Waals surface area contributed by atoms with Crippen molar-refractivity contribution >= 4 is 158 Å². The van der Waals surface area contributed by atoms with E-state index < -0.39 is 121 Å². The van der Waals surface area contributed by atoms with Crippen molar-refractivity contribution in [2.24, 2.45) is 0 Å². The van der Waals surface area contributed by atoms with Gasteiger partial charge in [-0.25, -0.2) is 66.6 Å². The number of hydrogen-bond donors (Lipinski definition) is 4. The van der Waals surface area contributed by atoms with Crippen molar-refractivity contribution in [1.82, 2.24) is 46.9 Å². The molecule has 0 amide bonds. The summed E-state index contributed by atoms with van der Waals surface area (Å²) in [6.45, 7) is 46.7. The highest BCUT2D eigenvalue weighted by molar-refractivity contribution is 9.11. The summed E-state index contributed by atoms with van der Waals surface area (Å²) < 4.78 is 55.4. The van der Waals surface area contributed by atoms with Crippen molar-refractivity contribution in [2.75, 3.05) is 6.61 Å². The lowest BCUT2D eigenvalue weighted by molar-refractivity contribution is -0.165. The molecule has 14 aromatic rings. The van der Waals surface area contributed by atoms with Gasteiger partial charge in [0.2, 0.25) is 5.89 Å². The monoisotopic (exact) mass is 2250 g/mol. The van der Waals surface area contributed by atoms with Crippen molar-refractivity contribution in [3.63, 3.8) is 0 Å². The van der Waals surface area contributed by atoms with Gasteiger partial charge in [-0.05, 0) is 272 Å². The van der Waals surface area contributed by atoms with E-state index in [1.54, 1.807) is 86.3 Å². The molecule has 14 rings (SSSR count). The standard InChI is InChI=1S/C26H33BrN2O5S.C25H27N3O6S.C22H25BrN2O5S.C15H19BrN2O4S.C11H16O2.C4H5NO.CH4/c1-15(2)33-18(17-12-10-9-11-13-17)14-28-22-19(16(3)20(27)35-22)21(30)29(24(28)32)26(7,8)23(31)34-25(4,5)6;1-14(2)34-17(16-9-7-6-8-10-16)13-27-22-18(15(3)19(35-22)20-26-11-12-33-20)21(29)28(24(27)32)25(4,5)23(30)31;1-12(2)30-15(14-9-7-6-8-10-14)11-24-19-16(13(3)17(23)31-19)18(26)25(21(24)29)22(4,5)20(27)28;1-7-8-10(23-9(7)16)17-13(21)18(11(8)19)15(5,6)12(20)22-14(2,3)4;1-9(2)13-11(8-12)10-6-4-3-5-7-10;1-4-5-2-3-6-4;/h9-13,15,18H,14H2,1-8H3;6-12,14,17H,13H2,1-5H3,(H,30,31);6-10,12,15H,11H2,1-5H3,(H,27,28);1-6H3,(H,17,21);3-7,9,11-12H,8H2,1-2H3;2-3H,1H3;1H4/t18-;17-;15-;;11-;;/m000.0../s1. The average Bonchev–Trinajstić information content (AvgIpc) is 1.55. The summed E-state index contributed by atoms with van der Waals surface area (Å²) in [4.78, 5) is 170. The van der Waals surface area contributed by atoms with Crippen LogP contribution in [0.3, 0.4) is 0 Å². The van der Waals surface area contributed by atoms with Crippen molar-refractivity contribution in [3.05, 3.63) is 291 Å². The maximum atomic E-state index is 13.9. The van der Waals surface area contributed by atoms with Crippen molar-refractivity contribution in [2.45, 2.75) is 296 Å². The Labute approximate surface area is 874 Å². The van der Waals surface area contributed by atoms with Crippen LogP contribution in [0.2, 0.25) is 0 Å². The van der Waals surface area contributed by atoms with Gasteiger partial charge in [-0.3, -0.25) is 37.9 Å². The number of aryl methyl sites for hydroxylation is 5. The van der Waals surface area contributed by atoms with Gasteiger partial charge in [0, 0.05) is 6.92 Å². The summed E-state index contributed by atoms with van der Waals surface area (Å²) in [6, 6.07) is 38.4. The zero-order valence-electron chi connectivity index (χ0n) is 85.1. The summed E-state index contributed by atoms with van der Waals surface area (Å²) in [5, 5.41) is 30.1. The third kappa shape index (κ3) is 27.6. The van der Waals surface area contributed by atoms with Crippen LogP contribution in [-0.2, 0) is 89.4 Å². The molecule has 33 nitrogen and oxygen atoms in total. The third-order valence-corrected chi connectivity index (χ3v) is 30.1. The number of aromatic nitrogens is 10. The Morgan fingerprint density at radius 3 is 0.986 bits per heavy atom. The molecule has 0 saturated heterocycles. The van der Waals surface area contributed by atoms with Crippen LogP contribution in [0.15, 0.2) is 205 Å². The maximum Gasteiger partial charge on any atom is 0.333 e. The molecule has 0 aliphatic carbocycles. The molecule has 4 atom stereocenters. The number of aromatic amines is 1. The number of rotatable bonds is 28. The Bertz CT molecular complexity index is 7350. The highest BCUT2D eigenvalue weighted by Crippen LogP contribution is 2.40. The molecular weight excluding hydrogens is 2130 g/mol. The second-order valence-corrected chi connectivity index (χ2v) is 46.7. The molecular formula is C104H129Br3N10O23S4. The number of halogens is 3. The first-order valence-electron chi connectivity index (χ1n) is 45.9. The number of esters is 2. The number of carboxylic acids is 2. The van der Waals surface area contributed by atoms with Crippen LogP contribution in [0, 0.1) is 34.6 Å². The van der Waals surface area contributed by atoms with Gasteiger partial charge >= 0.3 is 46.6 Å². The first-order valence-corrected chi connectivity index (χ1v) is 51.5. The summed E-state index contributed by atoms with van der Waals surface area (Å²) in [7, 11) is 0. The summed E-state index contributed by atoms with van der Waals surface area (Å²) in [6.07, 6.45) is 4.31. The number of fused-ring (bicyclic) bond motifs is 4. The average molecular weight is 2260 g/mol. The Kier molecular flexibility index (Phi) is 40.2. The zero-order valence-corrected chi connectivity index (χ0v) is 93.1. The van der Waals surface area contributed by atoms with Gasteiger partial charge in [0.15, 0.2) is 5.89 Å². The molecule has 144 heavy (non-hydrogen) atoms. The van der Waals surface area contributed by atoms with Gasteiger partial charge in [0.05, 0.1) is 101 Å². The molecule has 0 unspecified atom stereocenters. The maximum absolute atomic E-state index is 13.9. The number of hydrogen-bond acceptors (Lipinski definition) is 27. The van der Waals surface area contributed by atoms with Crippen molar-refractivity contribution in [3.8, 4) is 10.8 Å². The molecule has 0 bridgehead atoms. The Morgan fingerprint density at radius 1 is 0.396 bits per heavy atom. The molecule has 4 N–H and O–H groups in total. The Balaban J connectivity index is 0.000000222. The summed E-state index contributed by atoms with van der Waals surface area (Å²) >= 11 is 15.5. The van der Waals surface area contributed by atoms with E-state index in [1.807, 2.05) is 184 Å². The quantitative estimate of drug-likeness (QED) is 0.0331. The fraction of sp³-hybridized carbons (Fsp3) is 0.442. The van der Waals surface area contributed by atoms with E-state index in [-0.39, 0.29) is 69.6 Å². The highest BCUT2D eigenvalue weighted by Gasteiger charge is 2.43. The fourth-order valence-corrected chi connectivity index (χ4v) is 21.3. The first-order chi connectivity index (χ1) is 66.6. The van der Waals surface area contributed by atoms with Gasteiger partial charge in [-0.2, -0.15) is 0 Å². The second-order valence-electron chi connectivity index (χ2n) is 38.7. The molecule has 40 heteroatoms. The van der Waals surface area contributed by atoms with Crippen LogP contribution in [0.25, 0.3) is 51.6 Å². The number of nitrogens with zero attached hydrogens (tertiary/aromatic N) is 9. The number of carboxylic acid groups (broad SMARTS) is 2. The lowest BCUT2D eigenvalue weighted by Gasteiger charge is -2.30. The van der Waals surface area contributed by atoms with Gasteiger partial charge in [-0.1, -0.05) is 129 Å². The SMILES string of the molecule is C.CC(C)O[C@@H](CO)c1ccccc1.Cc1c(-c2ncco2)sc2c1c(=O)n(C(C)(C)C(=O)O)c(=O)n2C[C@H](OC(C)C)c1ccccc1.Cc1c(Br)sc2[nH]c(=O)n(C(C)(C)C(=O)OC(C)(C)C)c(=O)c12.Cc1c(Br)sc2c1c(=O)n(C(C)(C)C(=O)O)c(=O)n2C[C@H](OC(C)C)c1ccccc1.Cc1c(Br)sc2c1c(=O)n(C(C)(C)C(=O)OC(C)(C)C)c(=O)n2C[C@H](OC(C)C)c1ccccc1.Cc1ncco1. The predicted octanol–water partition coefficient (Wildman–Crippen LogP) is 20.7. The zero-order chi connectivity index (χ0) is 107. The number of aliphatic carboxylic acids is 2. The summed E-state index contributed by atoms with van der Waals surface area (Å²) in [5.41, 5.74) is -6.43. The van der Waals surface area contributed by atoms with E-state index in [1.165, 1.54) is 122 Å². The highest BCUT2D eigenvalue weighted by atomic mass is 79.9. The van der Waals surface area contributed by atoms with Crippen LogP contribution >= 0.6 is 93.1 Å². The van der Waals surface area contributed by atoms with Crippen molar-refractivity contribution < 1.29 is 71.8 Å². The van der Waals surface area contributed by atoms with Gasteiger partial charge in [-0.15, -0.1) is 45.3 Å². The number of nitrogens with one attached hydrogen (secondary N) is 1. The number of aliphatic hydroxyl groups is 1. The predicted molar refractivity (Wildman–Crippen MR) is 576 cm³/mol. The molecule has 4 aromatic carbocycles. The van der Waals surface area contributed by atoms with Crippen LogP contribution in [0.5, 0.6) is 0 Å². The van der Waals surface area contributed by atoms with E-state index in [4.69, 9.17) is 42.4 Å². The van der Waals surface area contributed by atoms with Gasteiger partial charge in [0.1, 0.15) is 89.6 Å². The van der Waals surface area contributed by atoms with Crippen molar-refractivity contribution in [1.29, 1.82) is 0 Å². The number of oxazole rings is 2. The number of benzene rings is 4. The van der Waals surface area contributed by atoms with Crippen LogP contribution in [0.1, 0.15) is 235 Å². The fourth-order valence-electron chi connectivity index (χ4n) is 15.0. The summed E-state index contributed by atoms with van der Waals surface area (Å²) in [5.74, 6) is -2.80. The molecule has 778 valence electrons. The number of thiophene rings is 4. The van der Waals surface area contributed by atoms with E-state index in [2.05, 4.69) is 62.7 Å². The minimum Gasteiger partial charge on any atom is -0.480 e. The number of H-pyrrole nitrogens is 1. The normalized spacial score (nSPS) is 12.8. The second kappa shape index (κ2) is 49.0. The molecule has 0 aliphatic rings. The number of aliphatic hydroxyl groups excluding tert-OH is 1. The van der Waals surface area contributed by atoms with E-state index in [0.717, 1.165) is 68.9 Å². The molecule has 0 fully saturated rings. The molecule has 0 radical (unpaired) electrons. The Hall–Kier alpha value is -11.0. The van der Waals surface area contributed by atoms with Crippen LogP contribution in [-0.4, -0.2) is 128 Å². The van der Waals surface area contributed by atoms with E-state index >= 15 is 0 Å². The molecule has 0 aliphatic heterocycles. The number of ether oxygens (including phenoxy) is 6. The van der Waals surface area contributed by atoms with Crippen LogP contribution in [0.4, 0.5) is 0 Å². The number of carbonyl (C=O) groups is 4. The van der Waals surface area contributed by atoms with Gasteiger partial charge < -0.3 is 52.6 Å². The number of carbonyl (C=O) groups excluding carboxylic acids is 2. The minimum absolute atomic E-state index is 0. The lowest BCUT2D eigenvalue weighted by atomic mass is 10.0. The largest absolute Gasteiger partial charge is 0.480 e. The van der Waals surface area contributed by atoms with E-state index in [0.29, 0.717) is 57.4 Å². The third-order valence-electron chi connectivity index (χ3n) is 22.4. The molecule has 10 heterocycles. The smallest absolute Gasteiger partial charge is 0.333 e. The topological polar surface area (TPSA) is 423 Å². The molecule has 0 saturated carbocycles.